The second-order valence-corrected chi connectivity index (χ2v) is 3.88. The van der Waals surface area contributed by atoms with E-state index in [1.165, 1.54) is 18.4 Å². The molecule has 1 aliphatic rings. The quantitative estimate of drug-likeness (QED) is 0.747. The van der Waals surface area contributed by atoms with Gasteiger partial charge in [-0.25, -0.2) is 9.97 Å². The number of hydrogen-bond donors (Lipinski definition) is 1. The molecular weight excluding hydrogens is 162 g/mol. The Bertz CT molecular complexity index is 306. The van der Waals surface area contributed by atoms with Gasteiger partial charge in [0.05, 0.1) is 0 Å². The molecule has 1 aromatic heterocycles. The van der Waals surface area contributed by atoms with E-state index < -0.39 is 0 Å². The lowest BCUT2D eigenvalue weighted by Gasteiger charge is -2.07. The largest absolute Gasteiger partial charge is 0.368 e. The number of rotatable bonds is 2. The second-order valence-electron chi connectivity index (χ2n) is 3.88. The summed E-state index contributed by atoms with van der Waals surface area (Å²) in [7, 11) is 0. The van der Waals surface area contributed by atoms with Gasteiger partial charge in [0.1, 0.15) is 0 Å². The van der Waals surface area contributed by atoms with E-state index in [0.717, 1.165) is 23.7 Å². The Hall–Kier alpha value is -1.12. The molecule has 3 nitrogen and oxygen atoms in total. The fraction of sp³-hybridized carbons (Fsp3) is 0.600. The molecule has 0 amide bonds. The maximum Gasteiger partial charge on any atom is 0.220 e. The number of nitrogens with zero attached hydrogens (tertiary/aromatic N) is 2. The Morgan fingerprint density at radius 2 is 1.77 bits per heavy atom. The fourth-order valence-electron chi connectivity index (χ4n) is 1.67. The highest BCUT2D eigenvalue weighted by Crippen LogP contribution is 2.33. The molecule has 2 rings (SSSR count). The minimum atomic E-state index is 0.398. The van der Waals surface area contributed by atoms with E-state index in [9.17, 15) is 0 Å². The predicted molar refractivity (Wildman–Crippen MR) is 52.3 cm³/mol. The van der Waals surface area contributed by atoms with Crippen molar-refractivity contribution in [3.63, 3.8) is 0 Å². The summed E-state index contributed by atoms with van der Waals surface area (Å²) in [5, 5.41) is 0. The molecule has 0 atom stereocenters. The molecule has 13 heavy (non-hydrogen) atoms. The average molecular weight is 177 g/mol. The number of hydrogen-bond acceptors (Lipinski definition) is 3. The molecule has 0 saturated heterocycles. The van der Waals surface area contributed by atoms with Crippen molar-refractivity contribution in [3.05, 3.63) is 17.0 Å². The van der Waals surface area contributed by atoms with Crippen LogP contribution in [0.25, 0.3) is 0 Å². The van der Waals surface area contributed by atoms with Gasteiger partial charge in [-0.1, -0.05) is 0 Å². The molecule has 1 heterocycles. The molecule has 70 valence electrons. The number of nitrogens with two attached hydrogens (primary N) is 1. The van der Waals surface area contributed by atoms with Gasteiger partial charge in [0.2, 0.25) is 5.95 Å². The van der Waals surface area contributed by atoms with Gasteiger partial charge >= 0.3 is 0 Å². The zero-order valence-electron chi connectivity index (χ0n) is 8.17. The SMILES string of the molecule is Cc1nc(N)nc(C)c1CC1CC1. The van der Waals surface area contributed by atoms with Crippen molar-refractivity contribution in [2.45, 2.75) is 33.1 Å². The maximum atomic E-state index is 5.55. The summed E-state index contributed by atoms with van der Waals surface area (Å²) < 4.78 is 0. The second kappa shape index (κ2) is 2.98. The van der Waals surface area contributed by atoms with Crippen molar-refractivity contribution >= 4 is 5.95 Å². The van der Waals surface area contributed by atoms with E-state index in [0.29, 0.717) is 5.95 Å². The molecule has 0 radical (unpaired) electrons. The van der Waals surface area contributed by atoms with Crippen LogP contribution < -0.4 is 5.73 Å². The van der Waals surface area contributed by atoms with Crippen molar-refractivity contribution < 1.29 is 0 Å². The lowest BCUT2D eigenvalue weighted by molar-refractivity contribution is 0.800. The summed E-state index contributed by atoms with van der Waals surface area (Å²) in [4.78, 5) is 8.36. The number of anilines is 1. The number of nitrogen functional groups attached to an aromatic ring is 1. The number of aryl methyl sites for hydroxylation is 2. The van der Waals surface area contributed by atoms with E-state index in [-0.39, 0.29) is 0 Å². The molecule has 1 aliphatic carbocycles. The molecule has 0 unspecified atom stereocenters. The lowest BCUT2D eigenvalue weighted by Crippen LogP contribution is -2.05. The van der Waals surface area contributed by atoms with Gasteiger partial charge in [-0.15, -0.1) is 0 Å². The Balaban J connectivity index is 2.31. The summed E-state index contributed by atoms with van der Waals surface area (Å²) >= 11 is 0. The summed E-state index contributed by atoms with van der Waals surface area (Å²) in [6.07, 6.45) is 3.87. The molecule has 0 aliphatic heterocycles. The van der Waals surface area contributed by atoms with Crippen molar-refractivity contribution in [2.75, 3.05) is 5.73 Å². The maximum absolute atomic E-state index is 5.55. The molecule has 2 N–H and O–H groups in total. The minimum absolute atomic E-state index is 0.398. The van der Waals surface area contributed by atoms with E-state index >= 15 is 0 Å². The van der Waals surface area contributed by atoms with Gasteiger partial charge in [0, 0.05) is 11.4 Å². The van der Waals surface area contributed by atoms with Crippen LogP contribution in [0.3, 0.4) is 0 Å². The number of aromatic nitrogens is 2. The molecule has 0 aromatic carbocycles. The fourth-order valence-corrected chi connectivity index (χ4v) is 1.67. The lowest BCUT2D eigenvalue weighted by atomic mass is 10.1. The first-order valence-electron chi connectivity index (χ1n) is 4.76. The Kier molecular flexibility index (Phi) is 1.94. The molecule has 1 fully saturated rings. The van der Waals surface area contributed by atoms with E-state index in [1.54, 1.807) is 0 Å². The molecule has 1 saturated carbocycles. The first kappa shape index (κ1) is 8.48. The first-order valence-corrected chi connectivity index (χ1v) is 4.76. The topological polar surface area (TPSA) is 51.8 Å². The molecule has 0 bridgehead atoms. The average Bonchev–Trinajstić information content (AvgIpc) is 2.79. The highest BCUT2D eigenvalue weighted by atomic mass is 15.0. The normalized spacial score (nSPS) is 16.2. The van der Waals surface area contributed by atoms with Crippen LogP contribution in [0.5, 0.6) is 0 Å². The monoisotopic (exact) mass is 177 g/mol. The van der Waals surface area contributed by atoms with Gasteiger partial charge in [0.25, 0.3) is 0 Å². The standard InChI is InChI=1S/C10H15N3/c1-6-9(5-8-3-4-8)7(2)13-10(11)12-6/h8H,3-5H2,1-2H3,(H2,11,12,13). The minimum Gasteiger partial charge on any atom is -0.368 e. The van der Waals surface area contributed by atoms with Gasteiger partial charge in [-0.05, 0) is 44.6 Å². The molecule has 1 aromatic rings. The van der Waals surface area contributed by atoms with Crippen LogP contribution in [0.4, 0.5) is 5.95 Å². The third-order valence-electron chi connectivity index (χ3n) is 2.63. The smallest absolute Gasteiger partial charge is 0.220 e. The highest BCUT2D eigenvalue weighted by Gasteiger charge is 2.23. The molecule has 3 heteroatoms. The van der Waals surface area contributed by atoms with E-state index in [1.807, 2.05) is 13.8 Å². The first-order chi connectivity index (χ1) is 6.16. The van der Waals surface area contributed by atoms with Crippen LogP contribution >= 0.6 is 0 Å². The van der Waals surface area contributed by atoms with Crippen LogP contribution in [0, 0.1) is 19.8 Å². The van der Waals surface area contributed by atoms with Crippen LogP contribution in [-0.4, -0.2) is 9.97 Å². The summed E-state index contributed by atoms with van der Waals surface area (Å²) in [6, 6.07) is 0. The van der Waals surface area contributed by atoms with Crippen molar-refractivity contribution in [1.29, 1.82) is 0 Å². The third kappa shape index (κ3) is 1.79. The van der Waals surface area contributed by atoms with Gasteiger partial charge in [0.15, 0.2) is 0 Å². The van der Waals surface area contributed by atoms with Crippen molar-refractivity contribution in [3.8, 4) is 0 Å². The van der Waals surface area contributed by atoms with Gasteiger partial charge < -0.3 is 5.73 Å². The van der Waals surface area contributed by atoms with Crippen LogP contribution in [0.15, 0.2) is 0 Å². The van der Waals surface area contributed by atoms with Crippen molar-refractivity contribution in [1.82, 2.24) is 9.97 Å². The Morgan fingerprint density at radius 1 is 1.23 bits per heavy atom. The summed E-state index contributed by atoms with van der Waals surface area (Å²) in [5.74, 6) is 1.28. The van der Waals surface area contributed by atoms with Crippen LogP contribution in [-0.2, 0) is 6.42 Å². The summed E-state index contributed by atoms with van der Waals surface area (Å²) in [5.41, 5.74) is 8.96. The zero-order chi connectivity index (χ0) is 9.42. The van der Waals surface area contributed by atoms with Crippen molar-refractivity contribution in [2.24, 2.45) is 5.92 Å². The molecular formula is C10H15N3. The molecule has 0 spiro atoms. The van der Waals surface area contributed by atoms with E-state index in [2.05, 4.69) is 9.97 Å². The Labute approximate surface area is 78.4 Å². The highest BCUT2D eigenvalue weighted by molar-refractivity contribution is 5.31. The van der Waals surface area contributed by atoms with Crippen LogP contribution in [0.2, 0.25) is 0 Å². The third-order valence-corrected chi connectivity index (χ3v) is 2.63. The Morgan fingerprint density at radius 3 is 2.23 bits per heavy atom. The summed E-state index contributed by atoms with van der Waals surface area (Å²) in [6.45, 7) is 4.03. The van der Waals surface area contributed by atoms with Gasteiger partial charge in [-0.2, -0.15) is 0 Å². The van der Waals surface area contributed by atoms with E-state index in [4.69, 9.17) is 5.73 Å². The predicted octanol–water partition coefficient (Wildman–Crippen LogP) is 1.63. The zero-order valence-corrected chi connectivity index (χ0v) is 8.17. The van der Waals surface area contributed by atoms with Crippen LogP contribution in [0.1, 0.15) is 29.8 Å². The van der Waals surface area contributed by atoms with Gasteiger partial charge in [-0.3, -0.25) is 0 Å².